The maximum absolute atomic E-state index is 14.2. The van der Waals surface area contributed by atoms with Gasteiger partial charge in [-0.25, -0.2) is 9.18 Å². The predicted octanol–water partition coefficient (Wildman–Crippen LogP) is 5.07. The van der Waals surface area contributed by atoms with Gasteiger partial charge in [-0.1, -0.05) is 35.3 Å². The summed E-state index contributed by atoms with van der Waals surface area (Å²) in [6.45, 7) is 2.73. The van der Waals surface area contributed by atoms with Crippen LogP contribution in [0.1, 0.15) is 29.7 Å². The number of anilines is 1. The average molecular weight is 478 g/mol. The van der Waals surface area contributed by atoms with E-state index in [0.717, 1.165) is 17.5 Å². The Bertz CT molecular complexity index is 1120. The summed E-state index contributed by atoms with van der Waals surface area (Å²) in [5.74, 6) is 0.760. The normalized spacial score (nSPS) is 18.2. The van der Waals surface area contributed by atoms with Crippen LogP contribution in [0.5, 0.6) is 0 Å². The Morgan fingerprint density at radius 2 is 1.91 bits per heavy atom. The van der Waals surface area contributed by atoms with Gasteiger partial charge in [-0.05, 0) is 42.8 Å². The van der Waals surface area contributed by atoms with Crippen LogP contribution in [-0.2, 0) is 11.3 Å². The molecule has 1 aliphatic heterocycles. The molecule has 1 fully saturated rings. The number of aromatic nitrogens is 3. The minimum atomic E-state index is -0.605. The van der Waals surface area contributed by atoms with E-state index in [0.29, 0.717) is 30.4 Å². The van der Waals surface area contributed by atoms with Crippen LogP contribution in [0.3, 0.4) is 0 Å². The third-order valence-electron chi connectivity index (χ3n) is 5.55. The number of ether oxygens (including phenoxy) is 1. The maximum Gasteiger partial charge on any atom is 0.322 e. The van der Waals surface area contributed by atoms with E-state index >= 15 is 0 Å². The Labute approximate surface area is 195 Å². The Hall–Kier alpha value is -2.68. The van der Waals surface area contributed by atoms with Crippen LogP contribution in [0.25, 0.3) is 0 Å². The molecule has 32 heavy (non-hydrogen) atoms. The van der Waals surface area contributed by atoms with E-state index in [9.17, 15) is 9.18 Å². The van der Waals surface area contributed by atoms with Gasteiger partial charge in [0.2, 0.25) is 0 Å². The molecule has 1 saturated heterocycles. The van der Waals surface area contributed by atoms with Crippen molar-refractivity contribution in [2.45, 2.75) is 32.0 Å². The Morgan fingerprint density at radius 3 is 2.59 bits per heavy atom. The van der Waals surface area contributed by atoms with Gasteiger partial charge in [0.05, 0.1) is 24.4 Å². The van der Waals surface area contributed by atoms with E-state index in [1.807, 2.05) is 35.8 Å². The average Bonchev–Trinajstić information content (AvgIpc) is 3.35. The molecule has 0 aliphatic carbocycles. The predicted molar refractivity (Wildman–Crippen MR) is 121 cm³/mol. The number of aryl methyl sites for hydroxylation is 1. The second kappa shape index (κ2) is 9.44. The number of benzene rings is 2. The number of rotatable bonds is 5. The van der Waals surface area contributed by atoms with Gasteiger partial charge < -0.3 is 19.5 Å². The summed E-state index contributed by atoms with van der Waals surface area (Å²) in [4.78, 5) is 14.7. The number of carbonyl (C=O) groups excluding carboxylic acids is 1. The van der Waals surface area contributed by atoms with Crippen molar-refractivity contribution >= 4 is 34.9 Å². The molecule has 2 amide bonds. The molecule has 0 saturated carbocycles. The Morgan fingerprint density at radius 1 is 1.19 bits per heavy atom. The van der Waals surface area contributed by atoms with Crippen LogP contribution < -0.4 is 5.32 Å². The number of nitrogens with one attached hydrogen (secondary N) is 1. The largest absolute Gasteiger partial charge is 0.380 e. The molecule has 1 aliphatic rings. The fourth-order valence-electron chi connectivity index (χ4n) is 3.83. The van der Waals surface area contributed by atoms with E-state index in [-0.39, 0.29) is 22.9 Å². The highest BCUT2D eigenvalue weighted by molar-refractivity contribution is 6.30. The molecule has 1 aromatic heterocycles. The Balaban J connectivity index is 1.61. The van der Waals surface area contributed by atoms with Crippen molar-refractivity contribution in [1.29, 1.82) is 0 Å². The number of carbonyl (C=O) groups is 1. The zero-order valence-corrected chi connectivity index (χ0v) is 19.1. The van der Waals surface area contributed by atoms with Crippen LogP contribution in [0, 0.1) is 12.7 Å². The highest BCUT2D eigenvalue weighted by Crippen LogP contribution is 2.34. The lowest BCUT2D eigenvalue weighted by molar-refractivity contribution is 0.111. The molecule has 0 spiro atoms. The lowest BCUT2D eigenvalue weighted by Gasteiger charge is -2.25. The zero-order valence-electron chi connectivity index (χ0n) is 17.6. The first kappa shape index (κ1) is 22.5. The van der Waals surface area contributed by atoms with Crippen molar-refractivity contribution in [3.05, 3.63) is 75.5 Å². The molecule has 10 heteroatoms. The van der Waals surface area contributed by atoms with Crippen LogP contribution >= 0.6 is 23.2 Å². The molecule has 2 aromatic carbocycles. The minimum Gasteiger partial charge on any atom is -0.380 e. The molecule has 1 N–H and O–H groups in total. The van der Waals surface area contributed by atoms with Gasteiger partial charge in [0, 0.05) is 30.1 Å². The van der Waals surface area contributed by atoms with Crippen molar-refractivity contribution in [3.8, 4) is 0 Å². The van der Waals surface area contributed by atoms with Crippen molar-refractivity contribution in [2.75, 3.05) is 19.0 Å². The molecule has 7 nitrogen and oxygen atoms in total. The van der Waals surface area contributed by atoms with Crippen molar-refractivity contribution in [1.82, 2.24) is 19.7 Å². The molecule has 0 bridgehead atoms. The number of urea groups is 1. The summed E-state index contributed by atoms with van der Waals surface area (Å²) in [6.07, 6.45) is 0.369. The summed E-state index contributed by atoms with van der Waals surface area (Å²) in [7, 11) is 1.60. The van der Waals surface area contributed by atoms with E-state index in [4.69, 9.17) is 27.9 Å². The number of methoxy groups -OCH3 is 1. The number of likely N-dealkylation sites (tertiary alicyclic amines) is 1. The molecule has 2 heterocycles. The first-order chi connectivity index (χ1) is 15.4. The molecule has 1 unspecified atom stereocenters. The third kappa shape index (κ3) is 4.72. The highest BCUT2D eigenvalue weighted by Gasteiger charge is 2.39. The Kier molecular flexibility index (Phi) is 6.64. The molecule has 3 aromatic rings. The number of amides is 2. The van der Waals surface area contributed by atoms with Crippen molar-refractivity contribution in [3.63, 3.8) is 0 Å². The molecule has 0 radical (unpaired) electrons. The first-order valence-corrected chi connectivity index (χ1v) is 10.8. The van der Waals surface area contributed by atoms with E-state index in [1.54, 1.807) is 12.0 Å². The fraction of sp³-hybridized carbons (Fsp3) is 0.318. The lowest BCUT2D eigenvalue weighted by atomic mass is 10.1. The SMILES string of the molecule is COC1C[C@H](c2nnc(C)n2Cc2ccc(Cl)cc2)N(C(=O)Nc2ccc(Cl)cc2F)C1. The van der Waals surface area contributed by atoms with Gasteiger partial charge in [-0.15, -0.1) is 10.2 Å². The molecular formula is C22H22Cl2FN5O2. The van der Waals surface area contributed by atoms with E-state index in [2.05, 4.69) is 15.5 Å². The third-order valence-corrected chi connectivity index (χ3v) is 6.03. The molecule has 2 atom stereocenters. The maximum atomic E-state index is 14.2. The quantitative estimate of drug-likeness (QED) is 0.556. The monoisotopic (exact) mass is 477 g/mol. The zero-order chi connectivity index (χ0) is 22.8. The molecule has 4 rings (SSSR count). The van der Waals surface area contributed by atoms with Crippen LogP contribution in [0.15, 0.2) is 42.5 Å². The van der Waals surface area contributed by atoms with Gasteiger partial charge in [0.1, 0.15) is 11.6 Å². The summed E-state index contributed by atoms with van der Waals surface area (Å²) in [5, 5.41) is 12.2. The van der Waals surface area contributed by atoms with Crippen molar-refractivity contribution < 1.29 is 13.9 Å². The van der Waals surface area contributed by atoms with E-state index < -0.39 is 11.8 Å². The smallest absolute Gasteiger partial charge is 0.322 e. The van der Waals surface area contributed by atoms with Gasteiger partial charge in [0.15, 0.2) is 5.82 Å². The van der Waals surface area contributed by atoms with Gasteiger partial charge in [0.25, 0.3) is 0 Å². The summed E-state index contributed by atoms with van der Waals surface area (Å²) in [5.41, 5.74) is 1.08. The van der Waals surface area contributed by atoms with Crippen LogP contribution in [0.4, 0.5) is 14.9 Å². The summed E-state index contributed by atoms with van der Waals surface area (Å²) >= 11 is 11.8. The fourth-order valence-corrected chi connectivity index (χ4v) is 4.11. The first-order valence-electron chi connectivity index (χ1n) is 10.1. The topological polar surface area (TPSA) is 72.3 Å². The van der Waals surface area contributed by atoms with Crippen molar-refractivity contribution in [2.24, 2.45) is 0 Å². The summed E-state index contributed by atoms with van der Waals surface area (Å²) in [6, 6.07) is 10.8. The molecule has 168 valence electrons. The highest BCUT2D eigenvalue weighted by atomic mass is 35.5. The van der Waals surface area contributed by atoms with Crippen LogP contribution in [0.2, 0.25) is 10.0 Å². The standard InChI is InChI=1S/C22H22Cl2FN5O2/c1-13-27-28-21(29(13)11-14-3-5-15(23)6-4-14)20-10-17(32-2)12-30(20)22(31)26-19-8-7-16(24)9-18(19)25/h3-9,17,20H,10-12H2,1-2H3,(H,26,31)/t17?,20-/m1/s1. The van der Waals surface area contributed by atoms with Gasteiger partial charge in [-0.2, -0.15) is 0 Å². The number of nitrogens with zero attached hydrogens (tertiary/aromatic N) is 4. The molecular weight excluding hydrogens is 456 g/mol. The minimum absolute atomic E-state index is 0.0535. The van der Waals surface area contributed by atoms with Gasteiger partial charge in [-0.3, -0.25) is 0 Å². The van der Waals surface area contributed by atoms with Crippen LogP contribution in [-0.4, -0.2) is 45.5 Å². The second-order valence-electron chi connectivity index (χ2n) is 7.63. The van der Waals surface area contributed by atoms with E-state index in [1.165, 1.54) is 12.1 Å². The number of hydrogen-bond acceptors (Lipinski definition) is 4. The second-order valence-corrected chi connectivity index (χ2v) is 8.51. The summed E-state index contributed by atoms with van der Waals surface area (Å²) < 4.78 is 21.7. The number of halogens is 3. The van der Waals surface area contributed by atoms with Gasteiger partial charge >= 0.3 is 6.03 Å². The number of hydrogen-bond donors (Lipinski definition) is 1. The lowest BCUT2D eigenvalue weighted by Crippen LogP contribution is -2.36.